The molecule has 1 aromatic rings. The second-order valence-corrected chi connectivity index (χ2v) is 4.86. The van der Waals surface area contributed by atoms with Gasteiger partial charge in [0.05, 0.1) is 28.8 Å². The molecule has 1 atom stereocenters. The summed E-state index contributed by atoms with van der Waals surface area (Å²) >= 11 is 6.03. The zero-order chi connectivity index (χ0) is 12.3. The third kappa shape index (κ3) is 2.95. The van der Waals surface area contributed by atoms with Gasteiger partial charge in [-0.1, -0.05) is 11.6 Å². The molecule has 1 saturated heterocycles. The van der Waals surface area contributed by atoms with E-state index in [1.165, 1.54) is 0 Å². The fourth-order valence-corrected chi connectivity index (χ4v) is 2.29. The van der Waals surface area contributed by atoms with Crippen molar-refractivity contribution in [2.45, 2.75) is 25.0 Å². The Kier molecular flexibility index (Phi) is 3.63. The van der Waals surface area contributed by atoms with Crippen molar-refractivity contribution in [3.63, 3.8) is 0 Å². The summed E-state index contributed by atoms with van der Waals surface area (Å²) in [5, 5.41) is 19.4. The highest BCUT2D eigenvalue weighted by atomic mass is 35.5. The van der Waals surface area contributed by atoms with Crippen LogP contribution in [0.2, 0.25) is 5.02 Å². The van der Waals surface area contributed by atoms with Crippen molar-refractivity contribution in [3.8, 4) is 6.07 Å². The molecule has 0 amide bonds. The summed E-state index contributed by atoms with van der Waals surface area (Å²) in [7, 11) is 0. The molecule has 4 nitrogen and oxygen atoms in total. The van der Waals surface area contributed by atoms with Crippen LogP contribution in [0.5, 0.6) is 0 Å². The fraction of sp³-hybridized carbons (Fsp3) is 0.500. The van der Waals surface area contributed by atoms with Crippen molar-refractivity contribution in [2.75, 3.05) is 13.1 Å². The molecular weight excluding hydrogens is 238 g/mol. The summed E-state index contributed by atoms with van der Waals surface area (Å²) in [5.74, 6) is 0. The Hall–Kier alpha value is -1.15. The molecule has 0 spiro atoms. The van der Waals surface area contributed by atoms with Gasteiger partial charge in [0.1, 0.15) is 0 Å². The topological polar surface area (TPSA) is 60.1 Å². The molecule has 1 fully saturated rings. The SMILES string of the molecule is N#CCC1(O)CCN(Cc2ncccc2Cl)C1. The van der Waals surface area contributed by atoms with E-state index in [0.29, 0.717) is 24.5 Å². The summed E-state index contributed by atoms with van der Waals surface area (Å²) in [4.78, 5) is 6.29. The zero-order valence-corrected chi connectivity index (χ0v) is 10.2. The number of rotatable bonds is 3. The number of aromatic nitrogens is 1. The first kappa shape index (κ1) is 12.3. The predicted molar refractivity (Wildman–Crippen MR) is 64.3 cm³/mol. The summed E-state index contributed by atoms with van der Waals surface area (Å²) < 4.78 is 0. The van der Waals surface area contributed by atoms with E-state index in [9.17, 15) is 5.11 Å². The van der Waals surface area contributed by atoms with Crippen LogP contribution >= 0.6 is 11.6 Å². The average molecular weight is 252 g/mol. The van der Waals surface area contributed by atoms with Crippen molar-refractivity contribution >= 4 is 11.6 Å². The Labute approximate surface area is 105 Å². The van der Waals surface area contributed by atoms with Gasteiger partial charge in [-0.25, -0.2) is 0 Å². The van der Waals surface area contributed by atoms with Gasteiger partial charge in [0.25, 0.3) is 0 Å². The molecular formula is C12H14ClN3O. The lowest BCUT2D eigenvalue weighted by Gasteiger charge is -2.20. The quantitative estimate of drug-likeness (QED) is 0.886. The molecule has 2 rings (SSSR count). The van der Waals surface area contributed by atoms with Gasteiger partial charge in [0.2, 0.25) is 0 Å². The lowest BCUT2D eigenvalue weighted by Crippen LogP contribution is -2.32. The van der Waals surface area contributed by atoms with E-state index in [0.717, 1.165) is 12.2 Å². The molecule has 1 aromatic heterocycles. The lowest BCUT2D eigenvalue weighted by molar-refractivity contribution is 0.0530. The number of likely N-dealkylation sites (tertiary alicyclic amines) is 1. The number of pyridine rings is 1. The number of nitrogens with zero attached hydrogens (tertiary/aromatic N) is 3. The van der Waals surface area contributed by atoms with Crippen LogP contribution in [0.3, 0.4) is 0 Å². The molecule has 0 aliphatic carbocycles. The third-order valence-corrected chi connectivity index (χ3v) is 3.37. The Morgan fingerprint density at radius 1 is 1.65 bits per heavy atom. The average Bonchev–Trinajstić information content (AvgIpc) is 2.64. The van der Waals surface area contributed by atoms with Crippen molar-refractivity contribution in [3.05, 3.63) is 29.0 Å². The first-order chi connectivity index (χ1) is 8.13. The highest BCUT2D eigenvalue weighted by molar-refractivity contribution is 6.31. The van der Waals surface area contributed by atoms with Gasteiger partial charge in [-0.2, -0.15) is 5.26 Å². The molecule has 1 aliphatic heterocycles. The number of aliphatic hydroxyl groups is 1. The number of hydrogen-bond acceptors (Lipinski definition) is 4. The minimum atomic E-state index is -0.865. The maximum absolute atomic E-state index is 10.1. The van der Waals surface area contributed by atoms with Gasteiger partial charge in [-0.15, -0.1) is 0 Å². The molecule has 5 heteroatoms. The van der Waals surface area contributed by atoms with E-state index in [4.69, 9.17) is 16.9 Å². The highest BCUT2D eigenvalue weighted by Gasteiger charge is 2.35. The molecule has 0 bridgehead atoms. The molecule has 17 heavy (non-hydrogen) atoms. The highest BCUT2D eigenvalue weighted by Crippen LogP contribution is 2.26. The van der Waals surface area contributed by atoms with Crippen molar-refractivity contribution < 1.29 is 5.11 Å². The van der Waals surface area contributed by atoms with E-state index in [1.807, 2.05) is 6.07 Å². The van der Waals surface area contributed by atoms with Gasteiger partial charge >= 0.3 is 0 Å². The van der Waals surface area contributed by atoms with Crippen LogP contribution in [-0.4, -0.2) is 33.7 Å². The van der Waals surface area contributed by atoms with Crippen LogP contribution in [0.4, 0.5) is 0 Å². The summed E-state index contributed by atoms with van der Waals surface area (Å²) in [6.45, 7) is 1.89. The van der Waals surface area contributed by atoms with Crippen LogP contribution in [-0.2, 0) is 6.54 Å². The monoisotopic (exact) mass is 251 g/mol. The van der Waals surface area contributed by atoms with E-state index in [2.05, 4.69) is 9.88 Å². The molecule has 0 saturated carbocycles. The summed E-state index contributed by atoms with van der Waals surface area (Å²) in [6, 6.07) is 5.63. The maximum atomic E-state index is 10.1. The second kappa shape index (κ2) is 5.01. The fourth-order valence-electron chi connectivity index (χ4n) is 2.11. The Morgan fingerprint density at radius 3 is 3.18 bits per heavy atom. The minimum Gasteiger partial charge on any atom is -0.387 e. The standard InChI is InChI=1S/C12H14ClN3O/c13-10-2-1-6-15-11(10)8-16-7-4-12(17,9-16)3-5-14/h1-2,6,17H,3-4,7-9H2. The minimum absolute atomic E-state index is 0.180. The van der Waals surface area contributed by atoms with Gasteiger partial charge in [-0.05, 0) is 18.6 Å². The Bertz CT molecular complexity index is 446. The van der Waals surface area contributed by atoms with Crippen molar-refractivity contribution in [1.29, 1.82) is 5.26 Å². The molecule has 2 heterocycles. The molecule has 1 unspecified atom stereocenters. The summed E-state index contributed by atoms with van der Waals surface area (Å²) in [5.41, 5.74) is -0.0499. The maximum Gasteiger partial charge on any atom is 0.0915 e. The first-order valence-electron chi connectivity index (χ1n) is 5.54. The third-order valence-electron chi connectivity index (χ3n) is 3.03. The van der Waals surface area contributed by atoms with Crippen LogP contribution in [0.25, 0.3) is 0 Å². The lowest BCUT2D eigenvalue weighted by atomic mass is 10.0. The number of nitriles is 1. The molecule has 90 valence electrons. The smallest absolute Gasteiger partial charge is 0.0915 e. The first-order valence-corrected chi connectivity index (χ1v) is 5.92. The van der Waals surface area contributed by atoms with Crippen LogP contribution in [0, 0.1) is 11.3 Å². The van der Waals surface area contributed by atoms with Crippen LogP contribution in [0.15, 0.2) is 18.3 Å². The van der Waals surface area contributed by atoms with E-state index in [-0.39, 0.29) is 6.42 Å². The summed E-state index contributed by atoms with van der Waals surface area (Å²) in [6.07, 6.45) is 2.52. The van der Waals surface area contributed by atoms with E-state index in [1.54, 1.807) is 18.3 Å². The van der Waals surface area contributed by atoms with Gasteiger partial charge < -0.3 is 5.11 Å². The number of β-amino-alcohol motifs (C(OH)–C–C–N with tert-alkyl or cyclic N) is 1. The van der Waals surface area contributed by atoms with Crippen molar-refractivity contribution in [2.24, 2.45) is 0 Å². The van der Waals surface area contributed by atoms with E-state index < -0.39 is 5.60 Å². The second-order valence-electron chi connectivity index (χ2n) is 4.45. The normalized spacial score (nSPS) is 24.8. The molecule has 1 aliphatic rings. The number of hydrogen-bond donors (Lipinski definition) is 1. The number of halogens is 1. The zero-order valence-electron chi connectivity index (χ0n) is 9.43. The van der Waals surface area contributed by atoms with Crippen LogP contribution < -0.4 is 0 Å². The predicted octanol–water partition coefficient (Wildman–Crippen LogP) is 1.59. The Morgan fingerprint density at radius 2 is 2.47 bits per heavy atom. The van der Waals surface area contributed by atoms with Crippen LogP contribution in [0.1, 0.15) is 18.5 Å². The van der Waals surface area contributed by atoms with Gasteiger partial charge in [0.15, 0.2) is 0 Å². The molecule has 0 radical (unpaired) electrons. The van der Waals surface area contributed by atoms with E-state index >= 15 is 0 Å². The largest absolute Gasteiger partial charge is 0.387 e. The van der Waals surface area contributed by atoms with Gasteiger partial charge in [-0.3, -0.25) is 9.88 Å². The Balaban J connectivity index is 1.99. The molecule has 1 N–H and O–H groups in total. The van der Waals surface area contributed by atoms with Crippen molar-refractivity contribution in [1.82, 2.24) is 9.88 Å². The van der Waals surface area contributed by atoms with Gasteiger partial charge in [0, 0.05) is 25.8 Å². The molecule has 0 aromatic carbocycles.